The first-order valence-corrected chi connectivity index (χ1v) is 6.09. The molecule has 0 aromatic heterocycles. The van der Waals surface area contributed by atoms with Gasteiger partial charge < -0.3 is 0 Å². The summed E-state index contributed by atoms with van der Waals surface area (Å²) >= 11 is 0. The van der Waals surface area contributed by atoms with E-state index in [9.17, 15) is 0 Å². The first-order valence-electron chi connectivity index (χ1n) is 6.09. The van der Waals surface area contributed by atoms with Gasteiger partial charge in [-0.3, -0.25) is 0 Å². The molecule has 0 amide bonds. The van der Waals surface area contributed by atoms with Crippen molar-refractivity contribution in [1.82, 2.24) is 0 Å². The lowest BCUT2D eigenvalue weighted by molar-refractivity contribution is 0.870. The van der Waals surface area contributed by atoms with Gasteiger partial charge in [0.2, 0.25) is 0 Å². The maximum atomic E-state index is 3.72. The van der Waals surface area contributed by atoms with Crippen molar-refractivity contribution in [3.05, 3.63) is 54.8 Å². The van der Waals surface area contributed by atoms with E-state index in [2.05, 4.69) is 36.8 Å². The molecule has 0 aromatic carbocycles. The maximum absolute atomic E-state index is 3.72. The zero-order valence-corrected chi connectivity index (χ0v) is 10.8. The quantitative estimate of drug-likeness (QED) is 0.180. The van der Waals surface area contributed by atoms with Crippen molar-refractivity contribution in [3.8, 4) is 11.8 Å². The van der Waals surface area contributed by atoms with Crippen LogP contribution in [0.1, 0.15) is 39.0 Å². The second kappa shape index (κ2) is 12.4. The minimum absolute atomic E-state index is 0.957. The normalized spacial score (nSPS) is 9.59. The first kappa shape index (κ1) is 15.3. The molecule has 90 valence electrons. The van der Waals surface area contributed by atoms with E-state index >= 15 is 0 Å². The van der Waals surface area contributed by atoms with Crippen molar-refractivity contribution in [2.75, 3.05) is 0 Å². The Balaban J connectivity index is 4.19. The van der Waals surface area contributed by atoms with Crippen molar-refractivity contribution in [3.63, 3.8) is 0 Å². The van der Waals surface area contributed by atoms with Gasteiger partial charge in [0.25, 0.3) is 0 Å². The molecule has 0 saturated heterocycles. The van der Waals surface area contributed by atoms with Gasteiger partial charge in [0.05, 0.1) is 0 Å². The van der Waals surface area contributed by atoms with E-state index in [1.54, 1.807) is 0 Å². The molecule has 0 fully saturated rings. The van der Waals surface area contributed by atoms with E-state index < -0.39 is 0 Å². The summed E-state index contributed by atoms with van der Waals surface area (Å²) in [5, 5.41) is 0. The molecule has 0 aliphatic rings. The van der Waals surface area contributed by atoms with Crippen LogP contribution in [0, 0.1) is 11.8 Å². The summed E-state index contributed by atoms with van der Waals surface area (Å²) in [5.41, 5.74) is 4.29. The van der Waals surface area contributed by atoms with Crippen LogP contribution in [0.4, 0.5) is 0 Å². The summed E-state index contributed by atoms with van der Waals surface area (Å²) in [6, 6.07) is 0. The third-order valence-corrected chi connectivity index (χ3v) is 2.16. The molecule has 0 rings (SSSR count). The van der Waals surface area contributed by atoms with Gasteiger partial charge in [-0.1, -0.05) is 18.1 Å². The molecular weight excluding hydrogens is 204 g/mol. The minimum atomic E-state index is 0.957. The minimum Gasteiger partial charge on any atom is -0.125 e. The second-order valence-electron chi connectivity index (χ2n) is 3.65. The monoisotopic (exact) mass is 226 g/mol. The number of allylic oxidation sites excluding steroid dienone is 5. The molecular formula is C17H22. The third-order valence-electron chi connectivity index (χ3n) is 2.16. The summed E-state index contributed by atoms with van der Waals surface area (Å²) in [7, 11) is 0. The van der Waals surface area contributed by atoms with Gasteiger partial charge in [-0.2, -0.15) is 0 Å². The molecule has 0 aromatic rings. The SMILES string of the molecule is C=CCCCC=C=C/C=C(\C#CC)CCC=C. The predicted molar refractivity (Wildman–Crippen MR) is 77.7 cm³/mol. The fourth-order valence-corrected chi connectivity index (χ4v) is 1.27. The highest BCUT2D eigenvalue weighted by Gasteiger charge is 1.88. The summed E-state index contributed by atoms with van der Waals surface area (Å²) in [6.07, 6.45) is 15.1. The lowest BCUT2D eigenvalue weighted by Gasteiger charge is -1.93. The summed E-state index contributed by atoms with van der Waals surface area (Å²) in [6.45, 7) is 9.27. The topological polar surface area (TPSA) is 0 Å². The molecule has 0 radical (unpaired) electrons. The second-order valence-corrected chi connectivity index (χ2v) is 3.65. The Labute approximate surface area is 106 Å². The molecule has 0 unspecified atom stereocenters. The van der Waals surface area contributed by atoms with Crippen LogP contribution in [0.2, 0.25) is 0 Å². The molecule has 0 atom stereocenters. The zero-order valence-electron chi connectivity index (χ0n) is 10.8. The fraction of sp³-hybridized carbons (Fsp3) is 0.353. The molecule has 0 spiro atoms. The molecule has 0 N–H and O–H groups in total. The van der Waals surface area contributed by atoms with Crippen molar-refractivity contribution in [1.29, 1.82) is 0 Å². The van der Waals surface area contributed by atoms with Gasteiger partial charge in [-0.05, 0) is 57.3 Å². The lowest BCUT2D eigenvalue weighted by Crippen LogP contribution is -1.77. The van der Waals surface area contributed by atoms with Gasteiger partial charge in [-0.15, -0.1) is 24.8 Å². The Bertz CT molecular complexity index is 363. The van der Waals surface area contributed by atoms with Crippen LogP contribution in [0.3, 0.4) is 0 Å². The fourth-order valence-electron chi connectivity index (χ4n) is 1.27. The molecule has 0 bridgehead atoms. The Hall–Kier alpha value is -1.70. The molecule has 0 nitrogen and oxygen atoms in total. The first-order chi connectivity index (χ1) is 8.35. The largest absolute Gasteiger partial charge is 0.125 e. The van der Waals surface area contributed by atoms with Gasteiger partial charge >= 0.3 is 0 Å². The van der Waals surface area contributed by atoms with Crippen LogP contribution in [0.5, 0.6) is 0 Å². The Morgan fingerprint density at radius 2 is 1.88 bits per heavy atom. The van der Waals surface area contributed by atoms with E-state index in [1.807, 2.05) is 31.2 Å². The highest BCUT2D eigenvalue weighted by Crippen LogP contribution is 2.04. The maximum Gasteiger partial charge on any atom is 0.00293 e. The van der Waals surface area contributed by atoms with Gasteiger partial charge in [0.15, 0.2) is 0 Å². The van der Waals surface area contributed by atoms with E-state index in [0.29, 0.717) is 0 Å². The van der Waals surface area contributed by atoms with Crippen LogP contribution in [-0.2, 0) is 0 Å². The summed E-state index contributed by atoms with van der Waals surface area (Å²) < 4.78 is 0. The van der Waals surface area contributed by atoms with Crippen LogP contribution in [0.15, 0.2) is 54.8 Å². The van der Waals surface area contributed by atoms with Gasteiger partial charge in [0, 0.05) is 5.57 Å². The van der Waals surface area contributed by atoms with E-state index in [4.69, 9.17) is 0 Å². The van der Waals surface area contributed by atoms with Crippen molar-refractivity contribution >= 4 is 0 Å². The van der Waals surface area contributed by atoms with E-state index in [0.717, 1.165) is 37.7 Å². The van der Waals surface area contributed by atoms with Crippen molar-refractivity contribution in [2.24, 2.45) is 0 Å². The predicted octanol–water partition coefficient (Wildman–Crippen LogP) is 4.97. The summed E-state index contributed by atoms with van der Waals surface area (Å²) in [4.78, 5) is 0. The molecule has 0 heteroatoms. The molecule has 0 aliphatic carbocycles. The molecule has 0 saturated carbocycles. The smallest absolute Gasteiger partial charge is 0.00293 e. The number of unbranched alkanes of at least 4 members (excludes halogenated alkanes) is 2. The standard InChI is InChI=1S/C17H22/c1-4-7-9-10-11-12-13-16-17(14-6-3)15-8-5-2/h4-5,11,13,16H,1-2,7-10,15H2,3H3/b17-16+. The molecule has 0 heterocycles. The molecule has 17 heavy (non-hydrogen) atoms. The Morgan fingerprint density at radius 1 is 1.12 bits per heavy atom. The van der Waals surface area contributed by atoms with Gasteiger partial charge in [0.1, 0.15) is 0 Å². The van der Waals surface area contributed by atoms with E-state index in [-0.39, 0.29) is 0 Å². The Kier molecular flexibility index (Phi) is 11.1. The zero-order chi connectivity index (χ0) is 12.8. The molecule has 0 aliphatic heterocycles. The average molecular weight is 226 g/mol. The number of hydrogen-bond acceptors (Lipinski definition) is 0. The summed E-state index contributed by atoms with van der Waals surface area (Å²) in [5.74, 6) is 6.02. The van der Waals surface area contributed by atoms with Crippen molar-refractivity contribution < 1.29 is 0 Å². The number of hydrogen-bond donors (Lipinski definition) is 0. The highest BCUT2D eigenvalue weighted by molar-refractivity contribution is 5.31. The lowest BCUT2D eigenvalue weighted by atomic mass is 10.1. The van der Waals surface area contributed by atoms with Crippen LogP contribution < -0.4 is 0 Å². The number of rotatable bonds is 8. The van der Waals surface area contributed by atoms with E-state index in [1.165, 1.54) is 0 Å². The highest BCUT2D eigenvalue weighted by atomic mass is 13.9. The van der Waals surface area contributed by atoms with Crippen LogP contribution >= 0.6 is 0 Å². The third kappa shape index (κ3) is 10.6. The van der Waals surface area contributed by atoms with Gasteiger partial charge in [-0.25, -0.2) is 0 Å². The van der Waals surface area contributed by atoms with Crippen molar-refractivity contribution in [2.45, 2.75) is 39.0 Å². The Morgan fingerprint density at radius 3 is 2.53 bits per heavy atom. The average Bonchev–Trinajstić information content (AvgIpc) is 2.34. The van der Waals surface area contributed by atoms with Crippen LogP contribution in [-0.4, -0.2) is 0 Å². The van der Waals surface area contributed by atoms with Crippen LogP contribution in [0.25, 0.3) is 0 Å².